The number of benzene rings is 2. The summed E-state index contributed by atoms with van der Waals surface area (Å²) < 4.78 is 0.946. The van der Waals surface area contributed by atoms with E-state index in [4.69, 9.17) is 34.8 Å². The minimum absolute atomic E-state index is 0.0148. The van der Waals surface area contributed by atoms with Crippen molar-refractivity contribution in [3.05, 3.63) is 61.5 Å². The molecule has 0 spiro atoms. The van der Waals surface area contributed by atoms with Crippen molar-refractivity contribution in [1.82, 2.24) is 0 Å². The zero-order valence-corrected chi connectivity index (χ0v) is 13.9. The Hall–Kier alpha value is -0.410. The van der Waals surface area contributed by atoms with E-state index >= 15 is 0 Å². The molecule has 0 bridgehead atoms. The van der Waals surface area contributed by atoms with Crippen LogP contribution in [0.5, 0.6) is 0 Å². The fraction of sp³-hybridized carbons (Fsp3) is 0.143. The molecule has 2 rings (SSSR count). The maximum Gasteiger partial charge on any atom is 0.0504 e. The predicted molar refractivity (Wildman–Crippen MR) is 87.7 cm³/mol. The summed E-state index contributed by atoms with van der Waals surface area (Å²) in [5.41, 5.74) is 1.86. The zero-order valence-electron chi connectivity index (χ0n) is 10.1. The average Bonchev–Trinajstić information content (AvgIpc) is 2.36. The van der Waals surface area contributed by atoms with Gasteiger partial charge in [-0.2, -0.15) is 0 Å². The second-order valence-corrected chi connectivity index (χ2v) is 6.29. The summed E-state index contributed by atoms with van der Waals surface area (Å²) in [6, 6.07) is 11.0. The summed E-state index contributed by atoms with van der Waals surface area (Å²) in [7, 11) is 0. The summed E-state index contributed by atoms with van der Waals surface area (Å²) in [5, 5.41) is 5.38. The Kier molecular flexibility index (Phi) is 5.02. The van der Waals surface area contributed by atoms with E-state index in [2.05, 4.69) is 21.2 Å². The van der Waals surface area contributed by atoms with Crippen molar-refractivity contribution in [1.29, 1.82) is 0 Å². The van der Waals surface area contributed by atoms with Gasteiger partial charge < -0.3 is 5.32 Å². The van der Waals surface area contributed by atoms with Gasteiger partial charge in [-0.15, -0.1) is 0 Å². The van der Waals surface area contributed by atoms with Crippen LogP contribution in [0.3, 0.4) is 0 Å². The van der Waals surface area contributed by atoms with Crippen LogP contribution in [0.2, 0.25) is 15.1 Å². The highest BCUT2D eigenvalue weighted by Crippen LogP contribution is 2.32. The van der Waals surface area contributed by atoms with E-state index in [9.17, 15) is 0 Å². The molecule has 0 aliphatic rings. The molecule has 2 aromatic carbocycles. The van der Waals surface area contributed by atoms with Crippen LogP contribution in [0, 0.1) is 0 Å². The van der Waals surface area contributed by atoms with Crippen LogP contribution in [0.1, 0.15) is 18.5 Å². The van der Waals surface area contributed by atoms with Crippen LogP contribution in [-0.2, 0) is 0 Å². The molecule has 1 unspecified atom stereocenters. The number of hydrogen-bond acceptors (Lipinski definition) is 1. The first-order valence-electron chi connectivity index (χ1n) is 5.64. The summed E-state index contributed by atoms with van der Waals surface area (Å²) in [6.45, 7) is 2.02. The van der Waals surface area contributed by atoms with E-state index in [-0.39, 0.29) is 6.04 Å². The molecule has 0 aliphatic carbocycles. The first-order chi connectivity index (χ1) is 8.97. The highest BCUT2D eigenvalue weighted by molar-refractivity contribution is 9.10. The second-order valence-electron chi connectivity index (χ2n) is 4.16. The minimum atomic E-state index is 0.0148. The molecule has 1 atom stereocenters. The molecule has 0 fully saturated rings. The molecular weight excluding hydrogens is 368 g/mol. The molecule has 0 radical (unpaired) electrons. The lowest BCUT2D eigenvalue weighted by atomic mass is 10.1. The van der Waals surface area contributed by atoms with Gasteiger partial charge in [-0.1, -0.05) is 34.8 Å². The van der Waals surface area contributed by atoms with Crippen molar-refractivity contribution >= 4 is 56.4 Å². The molecule has 1 nitrogen and oxygen atoms in total. The summed E-state index contributed by atoms with van der Waals surface area (Å²) in [5.74, 6) is 0. The fourth-order valence-electron chi connectivity index (χ4n) is 1.77. The zero-order chi connectivity index (χ0) is 14.0. The Morgan fingerprint density at radius 3 is 2.37 bits per heavy atom. The number of hydrogen-bond donors (Lipinski definition) is 1. The molecule has 0 amide bonds. The predicted octanol–water partition coefficient (Wildman–Crippen LogP) is 6.58. The topological polar surface area (TPSA) is 12.0 Å². The molecule has 0 heterocycles. The average molecular weight is 380 g/mol. The first-order valence-corrected chi connectivity index (χ1v) is 7.56. The van der Waals surface area contributed by atoms with Gasteiger partial charge in [0.15, 0.2) is 0 Å². The van der Waals surface area contributed by atoms with E-state index in [0.29, 0.717) is 15.1 Å². The van der Waals surface area contributed by atoms with Crippen LogP contribution in [-0.4, -0.2) is 0 Å². The monoisotopic (exact) mass is 377 g/mol. The molecule has 0 saturated heterocycles. The van der Waals surface area contributed by atoms with E-state index in [0.717, 1.165) is 15.7 Å². The molecule has 0 aliphatic heterocycles. The van der Waals surface area contributed by atoms with Gasteiger partial charge in [0.1, 0.15) is 0 Å². The van der Waals surface area contributed by atoms with Crippen molar-refractivity contribution in [2.45, 2.75) is 13.0 Å². The molecule has 0 aromatic heterocycles. The van der Waals surface area contributed by atoms with Crippen molar-refractivity contribution in [2.75, 3.05) is 5.32 Å². The highest BCUT2D eigenvalue weighted by Gasteiger charge is 2.12. The number of nitrogens with one attached hydrogen (secondary N) is 1. The van der Waals surface area contributed by atoms with Crippen molar-refractivity contribution in [2.24, 2.45) is 0 Å². The molecular formula is C14H11BrCl3N. The third-order valence-electron chi connectivity index (χ3n) is 2.72. The minimum Gasteiger partial charge on any atom is -0.378 e. The van der Waals surface area contributed by atoms with E-state index in [1.165, 1.54) is 0 Å². The van der Waals surface area contributed by atoms with Crippen molar-refractivity contribution in [3.8, 4) is 0 Å². The molecule has 100 valence electrons. The van der Waals surface area contributed by atoms with Gasteiger partial charge in [0, 0.05) is 19.5 Å². The van der Waals surface area contributed by atoms with E-state index in [1.54, 1.807) is 12.1 Å². The highest BCUT2D eigenvalue weighted by atomic mass is 79.9. The largest absolute Gasteiger partial charge is 0.378 e. The Balaban J connectivity index is 2.27. The SMILES string of the molecule is CC(Nc1cc(Cl)ccc1Br)c1cc(Cl)ccc1Cl. The smallest absolute Gasteiger partial charge is 0.0504 e. The maximum atomic E-state index is 6.19. The van der Waals surface area contributed by atoms with Crippen molar-refractivity contribution < 1.29 is 0 Å². The third-order valence-corrected chi connectivity index (χ3v) is 4.23. The second kappa shape index (κ2) is 6.36. The lowest BCUT2D eigenvalue weighted by Crippen LogP contribution is -2.07. The van der Waals surface area contributed by atoms with Gasteiger partial charge in [-0.25, -0.2) is 0 Å². The Labute approximate surface area is 136 Å². The number of halogens is 4. The van der Waals surface area contributed by atoms with Gasteiger partial charge in [0.2, 0.25) is 0 Å². The Bertz CT molecular complexity index is 601. The molecule has 19 heavy (non-hydrogen) atoms. The van der Waals surface area contributed by atoms with Crippen LogP contribution in [0.4, 0.5) is 5.69 Å². The van der Waals surface area contributed by atoms with Gasteiger partial charge in [-0.05, 0) is 64.8 Å². The third kappa shape index (κ3) is 3.79. The number of rotatable bonds is 3. The van der Waals surface area contributed by atoms with E-state index in [1.807, 2.05) is 31.2 Å². The standard InChI is InChI=1S/C14H11BrCl3N/c1-8(11-6-9(16)3-5-13(11)18)19-14-7-10(17)2-4-12(14)15/h2-8,19H,1H3. The Morgan fingerprint density at radius 1 is 1.00 bits per heavy atom. The van der Waals surface area contributed by atoms with E-state index < -0.39 is 0 Å². The molecule has 0 saturated carbocycles. The van der Waals surface area contributed by atoms with Crippen LogP contribution in [0.25, 0.3) is 0 Å². The quantitative estimate of drug-likeness (QED) is 0.635. The lowest BCUT2D eigenvalue weighted by Gasteiger charge is -2.18. The maximum absolute atomic E-state index is 6.19. The lowest BCUT2D eigenvalue weighted by molar-refractivity contribution is 0.884. The Morgan fingerprint density at radius 2 is 1.63 bits per heavy atom. The number of anilines is 1. The van der Waals surface area contributed by atoms with Gasteiger partial charge in [-0.3, -0.25) is 0 Å². The van der Waals surface area contributed by atoms with Crippen LogP contribution < -0.4 is 5.32 Å². The van der Waals surface area contributed by atoms with Crippen molar-refractivity contribution in [3.63, 3.8) is 0 Å². The van der Waals surface area contributed by atoms with Gasteiger partial charge in [0.25, 0.3) is 0 Å². The first kappa shape index (κ1) is 15.0. The molecule has 5 heteroatoms. The molecule has 2 aromatic rings. The van der Waals surface area contributed by atoms with Gasteiger partial charge in [0.05, 0.1) is 11.7 Å². The van der Waals surface area contributed by atoms with Crippen LogP contribution >= 0.6 is 50.7 Å². The fourth-order valence-corrected chi connectivity index (χ4v) is 2.76. The summed E-state index contributed by atoms with van der Waals surface area (Å²) in [6.07, 6.45) is 0. The van der Waals surface area contributed by atoms with Crippen LogP contribution in [0.15, 0.2) is 40.9 Å². The summed E-state index contributed by atoms with van der Waals surface area (Å²) >= 11 is 21.7. The normalized spacial score (nSPS) is 12.3. The van der Waals surface area contributed by atoms with Gasteiger partial charge >= 0.3 is 0 Å². The molecule has 1 N–H and O–H groups in total. The summed E-state index contributed by atoms with van der Waals surface area (Å²) in [4.78, 5) is 0.